The van der Waals surface area contributed by atoms with E-state index in [-0.39, 0.29) is 31.4 Å². The molecule has 29 heavy (non-hydrogen) atoms. The largest absolute Gasteiger partial charge is 0.456 e. The Morgan fingerprint density at radius 3 is 2.55 bits per heavy atom. The molecule has 0 bridgehead atoms. The zero-order chi connectivity index (χ0) is 21.4. The molecule has 2 amide bonds. The first kappa shape index (κ1) is 22.4. The van der Waals surface area contributed by atoms with E-state index in [0.29, 0.717) is 10.4 Å². The Kier molecular flexibility index (Phi) is 8.14. The average molecular weight is 420 g/mol. The molecule has 0 fully saturated rings. The first-order valence-corrected chi connectivity index (χ1v) is 10.1. The van der Waals surface area contributed by atoms with Gasteiger partial charge in [-0.15, -0.1) is 11.3 Å². The van der Waals surface area contributed by atoms with Crippen LogP contribution in [0.1, 0.15) is 44.8 Å². The molecule has 156 valence electrons. The molecule has 0 saturated heterocycles. The van der Waals surface area contributed by atoms with Crippen LogP contribution in [0.2, 0.25) is 0 Å². The molecule has 2 heterocycles. The number of hydrogen-bond acceptors (Lipinski definition) is 6. The molecular weight excluding hydrogens is 394 g/mol. The van der Waals surface area contributed by atoms with Crippen molar-refractivity contribution >= 4 is 34.9 Å². The average Bonchev–Trinajstić information content (AvgIpc) is 3.33. The van der Waals surface area contributed by atoms with E-state index < -0.39 is 11.9 Å². The Hall–Kier alpha value is -2.94. The molecule has 8 nitrogen and oxygen atoms in total. The first-order valence-electron chi connectivity index (χ1n) is 9.27. The molecule has 0 aromatic carbocycles. The molecule has 9 heteroatoms. The van der Waals surface area contributed by atoms with Gasteiger partial charge in [-0.25, -0.2) is 0 Å². The monoisotopic (exact) mass is 419 g/mol. The van der Waals surface area contributed by atoms with Crippen LogP contribution in [-0.2, 0) is 20.9 Å². The summed E-state index contributed by atoms with van der Waals surface area (Å²) in [6, 6.07) is 5.17. The normalized spacial score (nSPS) is 10.4. The molecule has 0 aliphatic carbocycles. The number of nitrogens with one attached hydrogen (secondary N) is 2. The minimum Gasteiger partial charge on any atom is -0.456 e. The lowest BCUT2D eigenvalue weighted by atomic mass is 10.1. The van der Waals surface area contributed by atoms with E-state index in [1.165, 1.54) is 11.3 Å². The Morgan fingerprint density at radius 1 is 1.14 bits per heavy atom. The van der Waals surface area contributed by atoms with E-state index in [9.17, 15) is 19.2 Å². The first-order chi connectivity index (χ1) is 13.8. The van der Waals surface area contributed by atoms with E-state index in [4.69, 9.17) is 4.74 Å². The molecule has 0 saturated carbocycles. The molecule has 2 N–H and O–H groups in total. The van der Waals surface area contributed by atoms with E-state index in [0.717, 1.165) is 24.4 Å². The third-order valence-corrected chi connectivity index (χ3v) is 5.14. The predicted molar refractivity (Wildman–Crippen MR) is 109 cm³/mol. The minimum absolute atomic E-state index is 0.258. The van der Waals surface area contributed by atoms with Gasteiger partial charge in [-0.2, -0.15) is 0 Å². The zero-order valence-corrected chi connectivity index (χ0v) is 17.6. The van der Waals surface area contributed by atoms with Gasteiger partial charge in [-0.05, 0) is 37.8 Å². The lowest BCUT2D eigenvalue weighted by Gasteiger charge is -2.08. The number of esters is 1. The summed E-state index contributed by atoms with van der Waals surface area (Å²) in [4.78, 5) is 48.1. The molecule has 0 atom stereocenters. The van der Waals surface area contributed by atoms with E-state index in [1.807, 2.05) is 13.8 Å². The number of aryl methyl sites for hydroxylation is 1. The number of Topliss-reactive ketones (excluding diaryl/α,β-unsaturated/α-hetero) is 1. The lowest BCUT2D eigenvalue weighted by Crippen LogP contribution is -2.39. The number of ether oxygens (including phenoxy) is 1. The summed E-state index contributed by atoms with van der Waals surface area (Å²) in [5.41, 5.74) is 2.36. The van der Waals surface area contributed by atoms with E-state index in [1.54, 1.807) is 23.6 Å². The van der Waals surface area contributed by atoms with Gasteiger partial charge in [0.15, 0.2) is 6.61 Å². The smallest absolute Gasteiger partial charge is 0.325 e. The van der Waals surface area contributed by atoms with Crippen LogP contribution < -0.4 is 10.6 Å². The second-order valence-corrected chi connectivity index (χ2v) is 7.40. The number of rotatable bonds is 10. The number of ketones is 1. The van der Waals surface area contributed by atoms with Crippen LogP contribution in [0.3, 0.4) is 0 Å². The van der Waals surface area contributed by atoms with Gasteiger partial charge in [0.25, 0.3) is 5.91 Å². The molecule has 2 aromatic heterocycles. The maximum atomic E-state index is 12.3. The summed E-state index contributed by atoms with van der Waals surface area (Å²) in [5, 5.41) is 6.56. The number of carbonyl (C=O) groups excluding carboxylic acids is 4. The minimum atomic E-state index is -0.723. The summed E-state index contributed by atoms with van der Waals surface area (Å²) < 4.78 is 7.01. The van der Waals surface area contributed by atoms with Crippen molar-refractivity contribution < 1.29 is 23.9 Å². The third-order valence-electron chi connectivity index (χ3n) is 4.27. The van der Waals surface area contributed by atoms with E-state index in [2.05, 4.69) is 22.1 Å². The van der Waals surface area contributed by atoms with Crippen molar-refractivity contribution in [3.63, 3.8) is 0 Å². The number of hydrogen-bond donors (Lipinski definition) is 2. The van der Waals surface area contributed by atoms with Gasteiger partial charge in [0.2, 0.25) is 11.7 Å². The van der Waals surface area contributed by atoms with Crippen molar-refractivity contribution in [2.45, 2.75) is 33.7 Å². The Morgan fingerprint density at radius 2 is 1.90 bits per heavy atom. The van der Waals surface area contributed by atoms with Crippen molar-refractivity contribution in [2.75, 3.05) is 19.7 Å². The quantitative estimate of drug-likeness (QED) is 0.452. The summed E-state index contributed by atoms with van der Waals surface area (Å²) >= 11 is 1.26. The topological polar surface area (TPSA) is 106 Å². The molecule has 0 radical (unpaired) electrons. The van der Waals surface area contributed by atoms with Crippen molar-refractivity contribution in [3.05, 3.63) is 45.4 Å². The maximum absolute atomic E-state index is 12.3. The second kappa shape index (κ2) is 10.6. The molecule has 2 rings (SSSR count). The SMILES string of the molecule is CCCn1c(C)cc(C(=O)COC(=O)CNC(=O)CNC(=O)c2cccs2)c1C. The number of thiophene rings is 1. The Labute approximate surface area is 173 Å². The van der Waals surface area contributed by atoms with Crippen molar-refractivity contribution in [2.24, 2.45) is 0 Å². The standard InChI is InChI=1S/C20H25N3O5S/c1-4-7-23-13(2)9-15(14(23)3)16(24)12-28-19(26)11-21-18(25)10-22-20(27)17-6-5-8-29-17/h5-6,8-9H,4,7,10-12H2,1-3H3,(H,21,25)(H,22,27). The number of amides is 2. The van der Waals surface area contributed by atoms with Crippen LogP contribution in [0.15, 0.2) is 23.6 Å². The van der Waals surface area contributed by atoms with Crippen LogP contribution in [0.4, 0.5) is 0 Å². The van der Waals surface area contributed by atoms with Gasteiger partial charge in [0.05, 0.1) is 11.4 Å². The molecule has 0 aliphatic heterocycles. The number of aromatic nitrogens is 1. The predicted octanol–water partition coefficient (Wildman–Crippen LogP) is 1.85. The van der Waals surface area contributed by atoms with Gasteiger partial charge >= 0.3 is 5.97 Å². The summed E-state index contributed by atoms with van der Waals surface area (Å²) in [7, 11) is 0. The van der Waals surface area contributed by atoms with Crippen LogP contribution in [0.25, 0.3) is 0 Å². The molecular formula is C20H25N3O5S. The van der Waals surface area contributed by atoms with Crippen molar-refractivity contribution in [3.8, 4) is 0 Å². The molecule has 0 unspecified atom stereocenters. The summed E-state index contributed by atoms with van der Waals surface area (Å²) in [6.45, 7) is 5.65. The highest BCUT2D eigenvalue weighted by Crippen LogP contribution is 2.16. The Bertz CT molecular complexity index is 886. The lowest BCUT2D eigenvalue weighted by molar-refractivity contribution is -0.142. The molecule has 0 spiro atoms. The second-order valence-electron chi connectivity index (χ2n) is 6.46. The summed E-state index contributed by atoms with van der Waals surface area (Å²) in [5.74, 6) is -1.90. The van der Waals surface area contributed by atoms with Crippen molar-refractivity contribution in [1.82, 2.24) is 15.2 Å². The van der Waals surface area contributed by atoms with Crippen LogP contribution in [-0.4, -0.2) is 47.8 Å². The van der Waals surface area contributed by atoms with Crippen LogP contribution in [0, 0.1) is 13.8 Å². The number of nitrogens with zero attached hydrogens (tertiary/aromatic N) is 1. The fourth-order valence-electron chi connectivity index (χ4n) is 2.81. The fraction of sp³-hybridized carbons (Fsp3) is 0.400. The van der Waals surface area contributed by atoms with Crippen LogP contribution in [0.5, 0.6) is 0 Å². The third kappa shape index (κ3) is 6.28. The van der Waals surface area contributed by atoms with Crippen molar-refractivity contribution in [1.29, 1.82) is 0 Å². The highest BCUT2D eigenvalue weighted by Gasteiger charge is 2.17. The summed E-state index contributed by atoms with van der Waals surface area (Å²) in [6.07, 6.45) is 0.951. The highest BCUT2D eigenvalue weighted by molar-refractivity contribution is 7.12. The van der Waals surface area contributed by atoms with Gasteiger partial charge in [0, 0.05) is 23.5 Å². The van der Waals surface area contributed by atoms with Gasteiger partial charge in [0.1, 0.15) is 6.54 Å². The highest BCUT2D eigenvalue weighted by atomic mass is 32.1. The fourth-order valence-corrected chi connectivity index (χ4v) is 3.45. The molecule has 2 aromatic rings. The van der Waals surface area contributed by atoms with E-state index >= 15 is 0 Å². The zero-order valence-electron chi connectivity index (χ0n) is 16.7. The Balaban J connectivity index is 1.72. The van der Waals surface area contributed by atoms with Gasteiger partial charge < -0.3 is 19.9 Å². The van der Waals surface area contributed by atoms with Crippen LogP contribution >= 0.6 is 11.3 Å². The maximum Gasteiger partial charge on any atom is 0.325 e. The number of carbonyl (C=O) groups is 4. The molecule has 0 aliphatic rings. The van der Waals surface area contributed by atoms with Gasteiger partial charge in [-0.1, -0.05) is 13.0 Å². The van der Waals surface area contributed by atoms with Gasteiger partial charge in [-0.3, -0.25) is 19.2 Å².